The lowest BCUT2D eigenvalue weighted by Gasteiger charge is -2.17. The minimum absolute atomic E-state index is 0.209. The summed E-state index contributed by atoms with van der Waals surface area (Å²) in [6.07, 6.45) is 3.35. The van der Waals surface area contributed by atoms with Gasteiger partial charge in [-0.15, -0.1) is 0 Å². The van der Waals surface area contributed by atoms with E-state index in [4.69, 9.17) is 21.7 Å². The molecule has 0 unspecified atom stereocenters. The second-order valence-corrected chi connectivity index (χ2v) is 5.82. The maximum absolute atomic E-state index is 8.23. The van der Waals surface area contributed by atoms with E-state index in [1.165, 1.54) is 0 Å². The third kappa shape index (κ3) is 3.59. The van der Waals surface area contributed by atoms with Crippen LogP contribution in [0.5, 0.6) is 5.75 Å². The van der Waals surface area contributed by atoms with Crippen molar-refractivity contribution in [3.63, 3.8) is 0 Å². The van der Waals surface area contributed by atoms with Gasteiger partial charge in [0.05, 0.1) is 25.7 Å². The first-order chi connectivity index (χ1) is 10.8. The molecule has 0 bridgehead atoms. The molecule has 1 aromatic heterocycles. The Morgan fingerprint density at radius 1 is 1.39 bits per heavy atom. The second kappa shape index (κ2) is 6.91. The zero-order valence-corrected chi connectivity index (χ0v) is 14.7. The standard InChI is InChI=1S/C16H20ClN5O/c1-9(2)21-15(17)13-16(18)22(8-20-13)7-12-11(4)14(23-5)10(3)6-19-12/h6,8,18H,7H2,1-5H3/b15-13+,18-16?. The number of aryl methyl sites for hydroxylation is 1. The smallest absolute Gasteiger partial charge is 0.158 e. The predicted octanol–water partition coefficient (Wildman–Crippen LogP) is 3.42. The number of halogens is 1. The molecule has 2 heterocycles. The highest BCUT2D eigenvalue weighted by atomic mass is 35.5. The Hall–Kier alpha value is -2.21. The molecule has 0 radical (unpaired) electrons. The SMILES string of the molecule is COc1c(C)cnc(CN2C=N/C(=C(\Cl)N=C(C)C)C2=N)c1C. The maximum Gasteiger partial charge on any atom is 0.158 e. The zero-order valence-electron chi connectivity index (χ0n) is 13.9. The van der Waals surface area contributed by atoms with Gasteiger partial charge in [0.25, 0.3) is 0 Å². The molecule has 1 aliphatic heterocycles. The fourth-order valence-corrected chi connectivity index (χ4v) is 2.60. The van der Waals surface area contributed by atoms with E-state index >= 15 is 0 Å². The molecule has 0 amide bonds. The lowest BCUT2D eigenvalue weighted by molar-refractivity contribution is 0.406. The van der Waals surface area contributed by atoms with E-state index in [0.717, 1.165) is 28.3 Å². The molecular weight excluding hydrogens is 314 g/mol. The Morgan fingerprint density at radius 2 is 2.09 bits per heavy atom. The average molecular weight is 334 g/mol. The fraction of sp³-hybridized carbons (Fsp3) is 0.375. The number of pyridine rings is 1. The number of nitrogens with zero attached hydrogens (tertiary/aromatic N) is 4. The Morgan fingerprint density at radius 3 is 2.70 bits per heavy atom. The number of hydrogen-bond acceptors (Lipinski definition) is 5. The van der Waals surface area contributed by atoms with Gasteiger partial charge in [-0.2, -0.15) is 0 Å². The first-order valence-corrected chi connectivity index (χ1v) is 7.53. The summed E-state index contributed by atoms with van der Waals surface area (Å²) in [5, 5.41) is 8.45. The number of ether oxygens (including phenoxy) is 1. The highest BCUT2D eigenvalue weighted by Gasteiger charge is 2.23. The van der Waals surface area contributed by atoms with Crippen LogP contribution in [-0.2, 0) is 6.54 Å². The van der Waals surface area contributed by atoms with E-state index in [-0.39, 0.29) is 11.0 Å². The first kappa shape index (κ1) is 17.1. The molecule has 0 saturated carbocycles. The van der Waals surface area contributed by atoms with Crippen molar-refractivity contribution in [3.05, 3.63) is 33.9 Å². The van der Waals surface area contributed by atoms with Crippen molar-refractivity contribution in [1.82, 2.24) is 9.88 Å². The molecule has 0 aromatic carbocycles. The molecule has 0 saturated heterocycles. The number of hydrogen-bond donors (Lipinski definition) is 1. The van der Waals surface area contributed by atoms with Crippen molar-refractivity contribution in [2.45, 2.75) is 34.2 Å². The molecular formula is C16H20ClN5O. The van der Waals surface area contributed by atoms with E-state index < -0.39 is 0 Å². The normalized spacial score (nSPS) is 15.9. The third-order valence-corrected chi connectivity index (χ3v) is 3.69. The fourth-order valence-electron chi connectivity index (χ4n) is 2.29. The second-order valence-electron chi connectivity index (χ2n) is 5.47. The van der Waals surface area contributed by atoms with Gasteiger partial charge in [0.2, 0.25) is 0 Å². The van der Waals surface area contributed by atoms with Gasteiger partial charge in [-0.1, -0.05) is 11.6 Å². The van der Waals surface area contributed by atoms with Gasteiger partial charge in [0.15, 0.2) is 11.0 Å². The summed E-state index contributed by atoms with van der Waals surface area (Å²) in [7, 11) is 1.64. The quantitative estimate of drug-likeness (QED) is 0.677. The predicted molar refractivity (Wildman–Crippen MR) is 93.7 cm³/mol. The molecule has 0 spiro atoms. The third-order valence-electron chi connectivity index (χ3n) is 3.42. The van der Waals surface area contributed by atoms with Crippen LogP contribution in [0.4, 0.5) is 0 Å². The van der Waals surface area contributed by atoms with E-state index in [0.29, 0.717) is 12.2 Å². The van der Waals surface area contributed by atoms with Gasteiger partial charge in [-0.25, -0.2) is 9.98 Å². The van der Waals surface area contributed by atoms with Gasteiger partial charge >= 0.3 is 0 Å². The first-order valence-electron chi connectivity index (χ1n) is 7.15. The summed E-state index contributed by atoms with van der Waals surface area (Å²) in [5.41, 5.74) is 3.94. The largest absolute Gasteiger partial charge is 0.496 e. The van der Waals surface area contributed by atoms with Crippen LogP contribution in [0.15, 0.2) is 27.0 Å². The molecule has 1 N–H and O–H groups in total. The van der Waals surface area contributed by atoms with Crippen LogP contribution >= 0.6 is 11.6 Å². The van der Waals surface area contributed by atoms with Crippen LogP contribution in [0, 0.1) is 19.3 Å². The summed E-state index contributed by atoms with van der Waals surface area (Å²) in [6.45, 7) is 8.02. The summed E-state index contributed by atoms with van der Waals surface area (Å²) in [6, 6.07) is 0. The van der Waals surface area contributed by atoms with Gasteiger partial charge in [-0.05, 0) is 27.7 Å². The average Bonchev–Trinajstić information content (AvgIpc) is 2.83. The minimum atomic E-state index is 0.209. The number of methoxy groups -OCH3 is 1. The van der Waals surface area contributed by atoms with Crippen molar-refractivity contribution < 1.29 is 4.74 Å². The molecule has 0 fully saturated rings. The van der Waals surface area contributed by atoms with E-state index in [9.17, 15) is 0 Å². The van der Waals surface area contributed by atoms with Crippen molar-refractivity contribution in [1.29, 1.82) is 5.41 Å². The topological polar surface area (TPSA) is 73.9 Å². The van der Waals surface area contributed by atoms with Crippen LogP contribution in [0.25, 0.3) is 0 Å². The molecule has 122 valence electrons. The molecule has 7 heteroatoms. The Bertz CT molecular complexity index is 732. The van der Waals surface area contributed by atoms with Crippen molar-refractivity contribution in [3.8, 4) is 5.75 Å². The highest BCUT2D eigenvalue weighted by Crippen LogP contribution is 2.26. The Kier molecular flexibility index (Phi) is 5.15. The summed E-state index contributed by atoms with van der Waals surface area (Å²) in [5.74, 6) is 1.03. The Balaban J connectivity index is 2.26. The highest BCUT2D eigenvalue weighted by molar-refractivity contribution is 6.33. The number of nitrogens with one attached hydrogen (secondary N) is 1. The number of amidine groups is 1. The number of aromatic nitrogens is 1. The zero-order chi connectivity index (χ0) is 17.1. The van der Waals surface area contributed by atoms with E-state index in [2.05, 4.69) is 15.0 Å². The minimum Gasteiger partial charge on any atom is -0.496 e. The van der Waals surface area contributed by atoms with E-state index in [1.54, 1.807) is 24.5 Å². The lowest BCUT2D eigenvalue weighted by Crippen LogP contribution is -2.25. The summed E-state index contributed by atoms with van der Waals surface area (Å²) in [4.78, 5) is 14.5. The van der Waals surface area contributed by atoms with Crippen molar-refractivity contribution >= 4 is 29.5 Å². The number of aliphatic imine (C=N–C) groups is 2. The maximum atomic E-state index is 8.23. The molecule has 0 atom stereocenters. The van der Waals surface area contributed by atoms with Gasteiger partial charge in [0.1, 0.15) is 11.4 Å². The van der Waals surface area contributed by atoms with Crippen molar-refractivity contribution in [2.24, 2.45) is 9.98 Å². The summed E-state index contributed by atoms with van der Waals surface area (Å²) < 4.78 is 5.42. The van der Waals surface area contributed by atoms with Crippen molar-refractivity contribution in [2.75, 3.05) is 7.11 Å². The van der Waals surface area contributed by atoms with Gasteiger partial charge in [0, 0.05) is 23.0 Å². The molecule has 6 nitrogen and oxygen atoms in total. The molecule has 23 heavy (non-hydrogen) atoms. The van der Waals surface area contributed by atoms with Crippen LogP contribution in [0.2, 0.25) is 0 Å². The lowest BCUT2D eigenvalue weighted by atomic mass is 10.1. The summed E-state index contributed by atoms with van der Waals surface area (Å²) >= 11 is 6.12. The van der Waals surface area contributed by atoms with Gasteiger partial charge in [-0.3, -0.25) is 10.4 Å². The Labute approximate surface area is 141 Å². The van der Waals surface area contributed by atoms with Crippen LogP contribution in [-0.4, -0.2) is 34.9 Å². The van der Waals surface area contributed by atoms with E-state index in [1.807, 2.05) is 27.7 Å². The molecule has 1 aliphatic rings. The monoisotopic (exact) mass is 333 g/mol. The molecule has 2 rings (SSSR count). The van der Waals surface area contributed by atoms with Crippen LogP contribution < -0.4 is 4.74 Å². The van der Waals surface area contributed by atoms with Crippen LogP contribution in [0.3, 0.4) is 0 Å². The number of rotatable bonds is 4. The van der Waals surface area contributed by atoms with Gasteiger partial charge < -0.3 is 9.64 Å². The molecule has 0 aliphatic carbocycles. The molecule has 1 aromatic rings. The van der Waals surface area contributed by atoms with Crippen LogP contribution in [0.1, 0.15) is 30.7 Å².